The van der Waals surface area contributed by atoms with Gasteiger partial charge in [-0.15, -0.1) is 0 Å². The first-order chi connectivity index (χ1) is 3.80. The summed E-state index contributed by atoms with van der Waals surface area (Å²) in [6.07, 6.45) is 1.68. The Hall–Kier alpha value is -0.550. The van der Waals surface area contributed by atoms with Crippen LogP contribution in [0.1, 0.15) is 0 Å². The topological polar surface area (TPSA) is 55.2 Å². The molecule has 1 aliphatic rings. The van der Waals surface area contributed by atoms with Crippen molar-refractivity contribution in [3.8, 4) is 0 Å². The molecule has 43 valence electrons. The van der Waals surface area contributed by atoms with Gasteiger partial charge in [-0.25, -0.2) is 0 Å². The normalized spacial score (nSPS) is 26.2. The summed E-state index contributed by atoms with van der Waals surface area (Å²) in [6.45, 7) is 0. The molecular weight excluding hydrogens is 128 g/mol. The van der Waals surface area contributed by atoms with Crippen LogP contribution in [0.15, 0.2) is 5.41 Å². The summed E-state index contributed by atoms with van der Waals surface area (Å²) < 4.78 is 2.51. The molecule has 1 unspecified atom stereocenters. The molecule has 1 N–H and O–H groups in total. The van der Waals surface area contributed by atoms with Crippen molar-refractivity contribution in [2.24, 2.45) is 0 Å². The number of rotatable bonds is 1. The van der Waals surface area contributed by atoms with Crippen LogP contribution in [-0.4, -0.2) is 11.1 Å². The lowest BCUT2D eigenvalue weighted by molar-refractivity contribution is -0.513. The SMILES string of the molecule is O=[N+]([O-])C1[C]=CSN1. The highest BCUT2D eigenvalue weighted by atomic mass is 32.2. The fourth-order valence-electron chi connectivity index (χ4n) is 0.335. The molecule has 0 aliphatic carbocycles. The minimum atomic E-state index is -0.806. The Balaban J connectivity index is 2.48. The maximum Gasteiger partial charge on any atom is 0.301 e. The van der Waals surface area contributed by atoms with Gasteiger partial charge in [-0.3, -0.25) is 10.1 Å². The van der Waals surface area contributed by atoms with Crippen LogP contribution in [0.25, 0.3) is 0 Å². The van der Waals surface area contributed by atoms with E-state index in [-0.39, 0.29) is 0 Å². The van der Waals surface area contributed by atoms with Crippen molar-refractivity contribution in [1.82, 2.24) is 4.72 Å². The van der Waals surface area contributed by atoms with Gasteiger partial charge in [-0.2, -0.15) is 4.72 Å². The molecule has 0 amide bonds. The first-order valence-electron chi connectivity index (χ1n) is 1.93. The Morgan fingerprint density at radius 3 is 3.00 bits per heavy atom. The first-order valence-corrected chi connectivity index (χ1v) is 2.81. The smallest absolute Gasteiger partial charge is 0.262 e. The highest BCUT2D eigenvalue weighted by molar-refractivity contribution is 8.00. The maximum atomic E-state index is 9.85. The average Bonchev–Trinajstić information content (AvgIpc) is 2.12. The second-order valence-electron chi connectivity index (χ2n) is 1.21. The van der Waals surface area contributed by atoms with Gasteiger partial charge in [0, 0.05) is 4.92 Å². The van der Waals surface area contributed by atoms with Crippen molar-refractivity contribution in [2.45, 2.75) is 6.17 Å². The van der Waals surface area contributed by atoms with Crippen molar-refractivity contribution < 1.29 is 4.92 Å². The first kappa shape index (κ1) is 5.58. The monoisotopic (exact) mass is 131 g/mol. The zero-order valence-corrected chi connectivity index (χ0v) is 4.64. The van der Waals surface area contributed by atoms with Crippen LogP contribution < -0.4 is 4.72 Å². The number of nitro groups is 1. The van der Waals surface area contributed by atoms with E-state index in [2.05, 4.69) is 10.8 Å². The molecule has 0 aromatic heterocycles. The largest absolute Gasteiger partial charge is 0.301 e. The van der Waals surface area contributed by atoms with E-state index in [1.165, 1.54) is 17.4 Å². The van der Waals surface area contributed by atoms with Gasteiger partial charge >= 0.3 is 6.17 Å². The van der Waals surface area contributed by atoms with Gasteiger partial charge in [0.05, 0.1) is 6.08 Å². The molecule has 5 heteroatoms. The molecule has 0 spiro atoms. The Morgan fingerprint density at radius 1 is 2.00 bits per heavy atom. The molecule has 0 aromatic carbocycles. The zero-order chi connectivity index (χ0) is 5.98. The van der Waals surface area contributed by atoms with Gasteiger partial charge in [0.25, 0.3) is 0 Å². The second kappa shape index (κ2) is 2.15. The van der Waals surface area contributed by atoms with Gasteiger partial charge < -0.3 is 0 Å². The predicted octanol–water partition coefficient (Wildman–Crippen LogP) is 0.157. The van der Waals surface area contributed by atoms with Crippen molar-refractivity contribution in [3.63, 3.8) is 0 Å². The third-order valence-electron chi connectivity index (χ3n) is 0.675. The van der Waals surface area contributed by atoms with Gasteiger partial charge in [-0.05, 0) is 17.4 Å². The molecule has 0 bridgehead atoms. The van der Waals surface area contributed by atoms with Crippen LogP contribution in [0.3, 0.4) is 0 Å². The summed E-state index contributed by atoms with van der Waals surface area (Å²) in [6, 6.07) is 0. The predicted molar refractivity (Wildman–Crippen MR) is 29.3 cm³/mol. The van der Waals surface area contributed by atoms with Gasteiger partial charge in [0.15, 0.2) is 0 Å². The van der Waals surface area contributed by atoms with Crippen LogP contribution >= 0.6 is 11.9 Å². The molecule has 0 saturated carbocycles. The van der Waals surface area contributed by atoms with Gasteiger partial charge in [0.2, 0.25) is 0 Å². The fourth-order valence-corrected chi connectivity index (χ4v) is 0.883. The summed E-state index contributed by atoms with van der Waals surface area (Å²) in [4.78, 5) is 9.41. The van der Waals surface area contributed by atoms with Crippen molar-refractivity contribution in [2.75, 3.05) is 0 Å². The zero-order valence-electron chi connectivity index (χ0n) is 3.83. The minimum absolute atomic E-state index is 0.434. The lowest BCUT2D eigenvalue weighted by Gasteiger charge is -1.94. The van der Waals surface area contributed by atoms with E-state index in [0.717, 1.165) is 0 Å². The molecule has 0 aromatic rings. The van der Waals surface area contributed by atoms with Gasteiger partial charge in [0.1, 0.15) is 0 Å². The average molecular weight is 131 g/mol. The van der Waals surface area contributed by atoms with E-state index >= 15 is 0 Å². The van der Waals surface area contributed by atoms with E-state index in [1.54, 1.807) is 0 Å². The van der Waals surface area contributed by atoms with Crippen LogP contribution in [0.2, 0.25) is 0 Å². The molecule has 1 rings (SSSR count). The molecule has 1 heterocycles. The standard InChI is InChI=1S/C3H3N2O2S/c6-5(7)3-1-2-8-4-3/h2-4H. The molecule has 8 heavy (non-hydrogen) atoms. The van der Waals surface area contributed by atoms with Crippen LogP contribution in [-0.2, 0) is 0 Å². The number of nitrogens with zero attached hydrogens (tertiary/aromatic N) is 1. The van der Waals surface area contributed by atoms with Crippen LogP contribution in [0.5, 0.6) is 0 Å². The minimum Gasteiger partial charge on any atom is -0.262 e. The Morgan fingerprint density at radius 2 is 2.75 bits per heavy atom. The molecule has 0 saturated heterocycles. The van der Waals surface area contributed by atoms with Crippen molar-refractivity contribution in [1.29, 1.82) is 0 Å². The summed E-state index contributed by atoms with van der Waals surface area (Å²) in [5, 5.41) is 11.4. The molecule has 1 aliphatic heterocycles. The highest BCUT2D eigenvalue weighted by Crippen LogP contribution is 2.07. The lowest BCUT2D eigenvalue weighted by Crippen LogP contribution is -2.26. The highest BCUT2D eigenvalue weighted by Gasteiger charge is 2.18. The molecule has 1 radical (unpaired) electrons. The summed E-state index contributed by atoms with van der Waals surface area (Å²) in [5.74, 6) is 0. The number of hydrogen-bond acceptors (Lipinski definition) is 4. The summed E-state index contributed by atoms with van der Waals surface area (Å²) >= 11 is 1.18. The van der Waals surface area contributed by atoms with Crippen molar-refractivity contribution >= 4 is 11.9 Å². The second-order valence-corrected chi connectivity index (χ2v) is 1.92. The quantitative estimate of drug-likeness (QED) is 0.313. The Kier molecular flexibility index (Phi) is 1.50. The maximum absolute atomic E-state index is 9.85. The lowest BCUT2D eigenvalue weighted by atomic mass is 10.5. The summed E-state index contributed by atoms with van der Waals surface area (Å²) in [5.41, 5.74) is 0. The fraction of sp³-hybridized carbons (Fsp3) is 0.333. The molecule has 0 fully saturated rings. The van der Waals surface area contributed by atoms with E-state index in [9.17, 15) is 10.1 Å². The number of nitrogens with one attached hydrogen (secondary N) is 1. The van der Waals surface area contributed by atoms with Crippen LogP contribution in [0.4, 0.5) is 0 Å². The van der Waals surface area contributed by atoms with Gasteiger partial charge in [-0.1, -0.05) is 0 Å². The van der Waals surface area contributed by atoms with E-state index in [4.69, 9.17) is 0 Å². The van der Waals surface area contributed by atoms with Crippen LogP contribution in [0, 0.1) is 16.2 Å². The molecular formula is C3H3N2O2S. The van der Waals surface area contributed by atoms with Crippen molar-refractivity contribution in [3.05, 3.63) is 21.6 Å². The third-order valence-corrected chi connectivity index (χ3v) is 1.29. The molecule has 1 atom stereocenters. The third kappa shape index (κ3) is 0.988. The van der Waals surface area contributed by atoms with E-state index < -0.39 is 11.1 Å². The summed E-state index contributed by atoms with van der Waals surface area (Å²) in [7, 11) is 0. The number of hydrogen-bond donors (Lipinski definition) is 1. The Bertz CT molecular complexity index is 135. The Labute approximate surface area is 50.2 Å². The molecule has 4 nitrogen and oxygen atoms in total. The van der Waals surface area contributed by atoms with E-state index in [0.29, 0.717) is 0 Å². The van der Waals surface area contributed by atoms with E-state index in [1.807, 2.05) is 0 Å².